The second-order valence-electron chi connectivity index (χ2n) is 4.52. The van der Waals surface area contributed by atoms with Gasteiger partial charge < -0.3 is 20.4 Å². The number of carboxylic acid groups (broad SMARTS) is 1. The molecule has 0 bridgehead atoms. The van der Waals surface area contributed by atoms with Crippen LogP contribution in [0.1, 0.15) is 27.7 Å². The lowest BCUT2D eigenvalue weighted by Gasteiger charge is -2.28. The molecule has 1 unspecified atom stereocenters. The number of carboxylic acids is 1. The van der Waals surface area contributed by atoms with E-state index in [0.29, 0.717) is 0 Å². The Bertz CT molecular complexity index is 266. The lowest BCUT2D eigenvalue weighted by Crippen LogP contribution is -2.52. The summed E-state index contributed by atoms with van der Waals surface area (Å²) < 4.78 is 0. The average Bonchev–Trinajstić information content (AvgIpc) is 2.20. The minimum absolute atomic E-state index is 0.0937. The van der Waals surface area contributed by atoms with Crippen molar-refractivity contribution < 1.29 is 19.8 Å². The molecular weight excluding hydrogens is 224 g/mol. The molecule has 0 radical (unpaired) electrons. The quantitative estimate of drug-likeness (QED) is 0.637. The van der Waals surface area contributed by atoms with Gasteiger partial charge in [-0.1, -0.05) is 13.8 Å². The largest absolute Gasteiger partial charge is 0.480 e. The molecule has 0 rings (SSSR count). The molecule has 0 aliphatic carbocycles. The highest BCUT2D eigenvalue weighted by Gasteiger charge is 2.26. The lowest BCUT2D eigenvalue weighted by molar-refractivity contribution is -0.140. The Labute approximate surface area is 102 Å². The summed E-state index contributed by atoms with van der Waals surface area (Å²) in [6.07, 6.45) is 0. The van der Waals surface area contributed by atoms with Crippen LogP contribution in [0.5, 0.6) is 0 Å². The van der Waals surface area contributed by atoms with E-state index in [1.165, 1.54) is 4.90 Å². The van der Waals surface area contributed by atoms with Crippen LogP contribution in [0.3, 0.4) is 0 Å². The van der Waals surface area contributed by atoms with Crippen molar-refractivity contribution in [2.24, 2.45) is 5.92 Å². The fourth-order valence-electron chi connectivity index (χ4n) is 1.43. The van der Waals surface area contributed by atoms with Crippen molar-refractivity contribution in [3.05, 3.63) is 0 Å². The molecule has 1 atom stereocenters. The molecule has 6 nitrogen and oxygen atoms in total. The van der Waals surface area contributed by atoms with Gasteiger partial charge in [0.25, 0.3) is 0 Å². The van der Waals surface area contributed by atoms with Crippen LogP contribution in [0.25, 0.3) is 0 Å². The van der Waals surface area contributed by atoms with Crippen molar-refractivity contribution in [1.82, 2.24) is 10.2 Å². The number of carbonyl (C=O) groups is 2. The first-order valence-corrected chi connectivity index (χ1v) is 5.72. The first-order chi connectivity index (χ1) is 7.81. The molecular formula is C11H22N2O4. The molecule has 0 aliphatic rings. The predicted octanol–water partition coefficient (Wildman–Crippen LogP) is 0.508. The molecule has 0 fully saturated rings. The zero-order valence-electron chi connectivity index (χ0n) is 10.8. The van der Waals surface area contributed by atoms with E-state index in [2.05, 4.69) is 5.32 Å². The number of aliphatic carboxylic acids is 1. The van der Waals surface area contributed by atoms with Crippen LogP contribution in [0.2, 0.25) is 0 Å². The smallest absolute Gasteiger partial charge is 0.326 e. The van der Waals surface area contributed by atoms with Gasteiger partial charge in [-0.15, -0.1) is 0 Å². The van der Waals surface area contributed by atoms with E-state index in [1.54, 1.807) is 27.7 Å². The van der Waals surface area contributed by atoms with Crippen molar-refractivity contribution in [2.45, 2.75) is 39.8 Å². The number of carbonyl (C=O) groups excluding carboxylic acids is 1. The minimum atomic E-state index is -1.05. The summed E-state index contributed by atoms with van der Waals surface area (Å²) in [4.78, 5) is 24.2. The Morgan fingerprint density at radius 1 is 1.24 bits per heavy atom. The van der Waals surface area contributed by atoms with Crippen molar-refractivity contribution in [3.8, 4) is 0 Å². The van der Waals surface area contributed by atoms with Crippen LogP contribution in [0.4, 0.5) is 4.79 Å². The van der Waals surface area contributed by atoms with E-state index in [9.17, 15) is 9.59 Å². The Balaban J connectivity index is 4.62. The summed E-state index contributed by atoms with van der Waals surface area (Å²) in [6, 6.07) is -1.47. The second kappa shape index (κ2) is 7.11. The maximum absolute atomic E-state index is 11.8. The van der Waals surface area contributed by atoms with Gasteiger partial charge in [-0.25, -0.2) is 9.59 Å². The maximum atomic E-state index is 11.8. The van der Waals surface area contributed by atoms with Gasteiger partial charge >= 0.3 is 12.0 Å². The Morgan fingerprint density at radius 3 is 2.06 bits per heavy atom. The van der Waals surface area contributed by atoms with Gasteiger partial charge in [0.15, 0.2) is 0 Å². The minimum Gasteiger partial charge on any atom is -0.480 e. The molecule has 100 valence electrons. The highest BCUT2D eigenvalue weighted by molar-refractivity contribution is 5.82. The van der Waals surface area contributed by atoms with E-state index >= 15 is 0 Å². The van der Waals surface area contributed by atoms with E-state index < -0.39 is 18.0 Å². The third-order valence-electron chi connectivity index (χ3n) is 2.44. The topological polar surface area (TPSA) is 89.9 Å². The molecule has 17 heavy (non-hydrogen) atoms. The van der Waals surface area contributed by atoms with Gasteiger partial charge in [-0.3, -0.25) is 0 Å². The van der Waals surface area contributed by atoms with Gasteiger partial charge in [0.1, 0.15) is 6.04 Å². The third-order valence-corrected chi connectivity index (χ3v) is 2.44. The van der Waals surface area contributed by atoms with E-state index in [0.717, 1.165) is 0 Å². The van der Waals surface area contributed by atoms with E-state index in [-0.39, 0.29) is 25.1 Å². The summed E-state index contributed by atoms with van der Waals surface area (Å²) >= 11 is 0. The number of aliphatic hydroxyl groups is 1. The van der Waals surface area contributed by atoms with Crippen LogP contribution in [0, 0.1) is 5.92 Å². The monoisotopic (exact) mass is 246 g/mol. The van der Waals surface area contributed by atoms with Crippen molar-refractivity contribution in [2.75, 3.05) is 13.2 Å². The highest BCUT2D eigenvalue weighted by Crippen LogP contribution is 2.05. The zero-order valence-corrected chi connectivity index (χ0v) is 10.8. The fraction of sp³-hybridized carbons (Fsp3) is 0.818. The summed E-state index contributed by atoms with van der Waals surface area (Å²) in [5.74, 6) is -1.25. The predicted molar refractivity (Wildman–Crippen MR) is 63.7 cm³/mol. The third kappa shape index (κ3) is 5.04. The molecule has 0 aromatic carbocycles. The molecule has 0 heterocycles. The highest BCUT2D eigenvalue weighted by atomic mass is 16.4. The van der Waals surface area contributed by atoms with Crippen molar-refractivity contribution >= 4 is 12.0 Å². The molecule has 0 aliphatic heterocycles. The maximum Gasteiger partial charge on any atom is 0.326 e. The number of amides is 2. The number of rotatable bonds is 6. The number of nitrogens with one attached hydrogen (secondary N) is 1. The number of hydrogen-bond donors (Lipinski definition) is 3. The van der Waals surface area contributed by atoms with Crippen LogP contribution >= 0.6 is 0 Å². The standard InChI is InChI=1S/C11H22N2O4/c1-7(2)9(10(15)16)12-11(17)13(5-6-14)8(3)4/h7-9,14H,5-6H2,1-4H3,(H,12,17)(H,15,16). The average molecular weight is 246 g/mol. The van der Waals surface area contributed by atoms with Gasteiger partial charge in [-0.2, -0.15) is 0 Å². The number of nitrogens with zero attached hydrogens (tertiary/aromatic N) is 1. The SMILES string of the molecule is CC(C)C(NC(=O)N(CCO)C(C)C)C(=O)O. The Morgan fingerprint density at radius 2 is 1.76 bits per heavy atom. The van der Waals surface area contributed by atoms with Crippen LogP contribution in [0.15, 0.2) is 0 Å². The normalized spacial score (nSPS) is 12.6. The Kier molecular flexibility index (Phi) is 6.57. The molecule has 6 heteroatoms. The van der Waals surface area contributed by atoms with Crippen LogP contribution < -0.4 is 5.32 Å². The van der Waals surface area contributed by atoms with Crippen LogP contribution in [-0.4, -0.2) is 52.3 Å². The fourth-order valence-corrected chi connectivity index (χ4v) is 1.43. The zero-order chi connectivity index (χ0) is 13.6. The first kappa shape index (κ1) is 15.7. The molecule has 0 aromatic heterocycles. The van der Waals surface area contributed by atoms with Gasteiger partial charge in [0, 0.05) is 12.6 Å². The number of aliphatic hydroxyl groups excluding tert-OH is 1. The van der Waals surface area contributed by atoms with E-state index in [4.69, 9.17) is 10.2 Å². The molecule has 2 amide bonds. The summed E-state index contributed by atoms with van der Waals surface area (Å²) in [6.45, 7) is 7.11. The van der Waals surface area contributed by atoms with Gasteiger partial charge in [-0.05, 0) is 19.8 Å². The van der Waals surface area contributed by atoms with Gasteiger partial charge in [0.2, 0.25) is 0 Å². The molecule has 3 N–H and O–H groups in total. The number of hydrogen-bond acceptors (Lipinski definition) is 3. The van der Waals surface area contributed by atoms with Gasteiger partial charge in [0.05, 0.1) is 6.61 Å². The lowest BCUT2D eigenvalue weighted by atomic mass is 10.1. The Hall–Kier alpha value is -1.30. The summed E-state index contributed by atoms with van der Waals surface area (Å²) in [7, 11) is 0. The first-order valence-electron chi connectivity index (χ1n) is 5.72. The molecule has 0 saturated heterocycles. The summed E-state index contributed by atoms with van der Waals surface area (Å²) in [5, 5.41) is 20.3. The van der Waals surface area contributed by atoms with E-state index in [1.807, 2.05) is 0 Å². The second-order valence-corrected chi connectivity index (χ2v) is 4.52. The van der Waals surface area contributed by atoms with Crippen molar-refractivity contribution in [3.63, 3.8) is 0 Å². The van der Waals surface area contributed by atoms with Crippen LogP contribution in [-0.2, 0) is 4.79 Å². The van der Waals surface area contributed by atoms with Crippen molar-refractivity contribution in [1.29, 1.82) is 0 Å². The molecule has 0 spiro atoms. The molecule has 0 aromatic rings. The number of urea groups is 1. The summed E-state index contributed by atoms with van der Waals surface area (Å²) in [5.41, 5.74) is 0. The molecule has 0 saturated carbocycles.